The Labute approximate surface area is 153 Å². The van der Waals surface area contributed by atoms with Gasteiger partial charge >= 0.3 is 0 Å². The van der Waals surface area contributed by atoms with Gasteiger partial charge in [0.15, 0.2) is 0 Å². The van der Waals surface area contributed by atoms with Gasteiger partial charge in [-0.15, -0.1) is 11.8 Å². The Balaban J connectivity index is 1.53. The molecule has 3 aliphatic rings. The van der Waals surface area contributed by atoms with Crippen LogP contribution in [0.2, 0.25) is 0 Å². The number of para-hydroxylation sites is 2. The third-order valence-electron chi connectivity index (χ3n) is 5.61. The largest absolute Gasteiger partial charge is 0.370 e. The molecule has 0 radical (unpaired) electrons. The average molecular weight is 359 g/mol. The van der Waals surface area contributed by atoms with Crippen LogP contribution in [0.4, 0.5) is 11.4 Å². The maximum Gasteiger partial charge on any atom is 0.248 e. The van der Waals surface area contributed by atoms with Gasteiger partial charge in [0.2, 0.25) is 11.8 Å². The number of hydrogen-bond donors (Lipinski definition) is 1. The van der Waals surface area contributed by atoms with Gasteiger partial charge in [-0.05, 0) is 44.7 Å². The Morgan fingerprint density at radius 1 is 1.24 bits per heavy atom. The highest BCUT2D eigenvalue weighted by Gasteiger charge is 2.52. The molecule has 3 saturated heterocycles. The lowest BCUT2D eigenvalue weighted by Crippen LogP contribution is -2.48. The van der Waals surface area contributed by atoms with E-state index in [-0.39, 0.29) is 22.7 Å². The van der Waals surface area contributed by atoms with Crippen LogP contribution in [0.25, 0.3) is 0 Å². The summed E-state index contributed by atoms with van der Waals surface area (Å²) in [4.78, 5) is 29.2. The first kappa shape index (κ1) is 16.8. The number of carbonyl (C=O) groups excluding carboxylic acids is 2. The molecule has 2 atom stereocenters. The summed E-state index contributed by atoms with van der Waals surface area (Å²) >= 11 is 1.73. The van der Waals surface area contributed by atoms with Gasteiger partial charge in [0, 0.05) is 25.3 Å². The highest BCUT2D eigenvalue weighted by Crippen LogP contribution is 2.47. The van der Waals surface area contributed by atoms with Crippen LogP contribution in [0.15, 0.2) is 24.3 Å². The van der Waals surface area contributed by atoms with E-state index in [2.05, 4.69) is 23.2 Å². The highest BCUT2D eigenvalue weighted by atomic mass is 32.2. The fourth-order valence-corrected chi connectivity index (χ4v) is 5.65. The summed E-state index contributed by atoms with van der Waals surface area (Å²) in [5.74, 6) is 0.729. The lowest BCUT2D eigenvalue weighted by Gasteiger charge is -2.32. The van der Waals surface area contributed by atoms with Gasteiger partial charge in [-0.25, -0.2) is 0 Å². The smallest absolute Gasteiger partial charge is 0.248 e. The molecule has 2 amide bonds. The molecular weight excluding hydrogens is 334 g/mol. The van der Waals surface area contributed by atoms with Gasteiger partial charge in [0.1, 0.15) is 6.04 Å². The van der Waals surface area contributed by atoms with Crippen LogP contribution < -0.4 is 10.2 Å². The molecule has 3 aliphatic heterocycles. The van der Waals surface area contributed by atoms with Crippen LogP contribution in [-0.2, 0) is 9.59 Å². The molecule has 0 unspecified atom stereocenters. The molecule has 0 aliphatic carbocycles. The van der Waals surface area contributed by atoms with Crippen molar-refractivity contribution in [2.75, 3.05) is 29.1 Å². The van der Waals surface area contributed by atoms with Crippen molar-refractivity contribution in [3.8, 4) is 0 Å². The maximum absolute atomic E-state index is 12.9. The Hall–Kier alpha value is -1.69. The van der Waals surface area contributed by atoms with Crippen LogP contribution in [0.1, 0.15) is 39.0 Å². The van der Waals surface area contributed by atoms with Crippen LogP contribution in [-0.4, -0.2) is 46.5 Å². The Morgan fingerprint density at radius 2 is 2.00 bits per heavy atom. The number of piperidine rings is 1. The van der Waals surface area contributed by atoms with Crippen LogP contribution in [0.3, 0.4) is 0 Å². The van der Waals surface area contributed by atoms with E-state index in [9.17, 15) is 9.59 Å². The second-order valence-electron chi connectivity index (χ2n) is 7.32. The van der Waals surface area contributed by atoms with E-state index in [1.165, 1.54) is 19.3 Å². The molecule has 1 N–H and O–H groups in total. The molecule has 134 valence electrons. The van der Waals surface area contributed by atoms with Crippen molar-refractivity contribution >= 4 is 35.0 Å². The van der Waals surface area contributed by atoms with Gasteiger partial charge in [0.25, 0.3) is 0 Å². The molecule has 4 rings (SSSR count). The summed E-state index contributed by atoms with van der Waals surface area (Å²) < 4.78 is 0. The number of rotatable bonds is 3. The second kappa shape index (κ2) is 6.56. The Kier molecular flexibility index (Phi) is 4.40. The normalized spacial score (nSPS) is 29.0. The SMILES string of the molecule is C[C@@]12CCC(=O)N1[C@H](C(=O)Nc1ccccc1N1CCCCC1)CS2. The minimum Gasteiger partial charge on any atom is -0.370 e. The van der Waals surface area contributed by atoms with E-state index in [0.717, 1.165) is 30.9 Å². The molecule has 3 fully saturated rings. The van der Waals surface area contributed by atoms with Crippen molar-refractivity contribution in [2.24, 2.45) is 0 Å². The third-order valence-corrected chi connectivity index (χ3v) is 7.11. The van der Waals surface area contributed by atoms with E-state index in [4.69, 9.17) is 0 Å². The highest BCUT2D eigenvalue weighted by molar-refractivity contribution is 8.01. The number of fused-ring (bicyclic) bond motifs is 1. The summed E-state index contributed by atoms with van der Waals surface area (Å²) in [6.45, 7) is 4.15. The molecular formula is C19H25N3O2S. The Morgan fingerprint density at radius 3 is 2.80 bits per heavy atom. The molecule has 1 aromatic carbocycles. The number of thioether (sulfide) groups is 1. The van der Waals surface area contributed by atoms with Gasteiger partial charge < -0.3 is 15.1 Å². The molecule has 0 spiro atoms. The zero-order chi connectivity index (χ0) is 17.4. The molecule has 25 heavy (non-hydrogen) atoms. The van der Waals surface area contributed by atoms with E-state index in [0.29, 0.717) is 12.2 Å². The first-order chi connectivity index (χ1) is 12.1. The zero-order valence-corrected chi connectivity index (χ0v) is 15.5. The number of benzene rings is 1. The summed E-state index contributed by atoms with van der Waals surface area (Å²) in [7, 11) is 0. The van der Waals surface area contributed by atoms with E-state index >= 15 is 0 Å². The quantitative estimate of drug-likeness (QED) is 0.901. The number of nitrogens with zero attached hydrogens (tertiary/aromatic N) is 2. The standard InChI is InChI=1S/C19H25N3O2S/c1-19-10-9-17(23)22(19)16(13-25-19)18(24)20-14-7-3-4-8-15(14)21-11-5-2-6-12-21/h3-4,7-8,16H,2,5-6,9-13H2,1H3,(H,20,24)/t16-,19+/m0/s1. The first-order valence-electron chi connectivity index (χ1n) is 9.19. The van der Waals surface area contributed by atoms with Crippen molar-refractivity contribution in [3.05, 3.63) is 24.3 Å². The summed E-state index contributed by atoms with van der Waals surface area (Å²) in [6, 6.07) is 7.66. The third kappa shape index (κ3) is 3.01. The minimum atomic E-state index is -0.362. The monoisotopic (exact) mass is 359 g/mol. The molecule has 3 heterocycles. The van der Waals surface area contributed by atoms with Crippen LogP contribution in [0, 0.1) is 0 Å². The van der Waals surface area contributed by atoms with Crippen molar-refractivity contribution in [1.29, 1.82) is 0 Å². The number of carbonyl (C=O) groups is 2. The van der Waals surface area contributed by atoms with Gasteiger partial charge in [0.05, 0.1) is 16.2 Å². The van der Waals surface area contributed by atoms with Crippen molar-refractivity contribution in [3.63, 3.8) is 0 Å². The lowest BCUT2D eigenvalue weighted by atomic mass is 10.1. The number of amides is 2. The summed E-state index contributed by atoms with van der Waals surface area (Å²) in [5, 5.41) is 3.11. The molecule has 0 saturated carbocycles. The fourth-order valence-electron chi connectivity index (χ4n) is 4.22. The number of nitrogens with one attached hydrogen (secondary N) is 1. The van der Waals surface area contributed by atoms with E-state index in [1.54, 1.807) is 11.8 Å². The van der Waals surface area contributed by atoms with Crippen molar-refractivity contribution < 1.29 is 9.59 Å². The average Bonchev–Trinajstić information content (AvgIpc) is 3.12. The fraction of sp³-hybridized carbons (Fsp3) is 0.579. The van der Waals surface area contributed by atoms with Crippen LogP contribution >= 0.6 is 11.8 Å². The van der Waals surface area contributed by atoms with Crippen molar-refractivity contribution in [2.45, 2.75) is 49.9 Å². The van der Waals surface area contributed by atoms with E-state index < -0.39 is 0 Å². The van der Waals surface area contributed by atoms with Gasteiger partial charge in [-0.2, -0.15) is 0 Å². The zero-order valence-electron chi connectivity index (χ0n) is 14.7. The first-order valence-corrected chi connectivity index (χ1v) is 10.2. The van der Waals surface area contributed by atoms with Crippen molar-refractivity contribution in [1.82, 2.24) is 4.90 Å². The predicted octanol–water partition coefficient (Wildman–Crippen LogP) is 3.07. The second-order valence-corrected chi connectivity index (χ2v) is 8.82. The molecule has 0 aromatic heterocycles. The molecule has 6 heteroatoms. The molecule has 0 bridgehead atoms. The Bertz CT molecular complexity index is 689. The predicted molar refractivity (Wildman–Crippen MR) is 102 cm³/mol. The van der Waals surface area contributed by atoms with E-state index in [1.807, 2.05) is 23.1 Å². The summed E-state index contributed by atoms with van der Waals surface area (Å²) in [6.07, 6.45) is 5.06. The lowest BCUT2D eigenvalue weighted by molar-refractivity contribution is -0.135. The van der Waals surface area contributed by atoms with Gasteiger partial charge in [-0.3, -0.25) is 9.59 Å². The molecule has 1 aromatic rings. The topological polar surface area (TPSA) is 52.7 Å². The number of hydrogen-bond acceptors (Lipinski definition) is 4. The maximum atomic E-state index is 12.9. The van der Waals surface area contributed by atoms with Gasteiger partial charge in [-0.1, -0.05) is 12.1 Å². The minimum absolute atomic E-state index is 0.0593. The summed E-state index contributed by atoms with van der Waals surface area (Å²) in [5.41, 5.74) is 1.95. The molecule has 5 nitrogen and oxygen atoms in total. The van der Waals surface area contributed by atoms with Crippen LogP contribution in [0.5, 0.6) is 0 Å². The number of anilines is 2.